The first-order valence-corrected chi connectivity index (χ1v) is 7.16. The van der Waals surface area contributed by atoms with E-state index in [9.17, 15) is 4.79 Å². The smallest absolute Gasteiger partial charge is 0.271 e. The maximum atomic E-state index is 12.0. The standard InChI is InChI=1S/C14H19BrN2O3/c1-5-9(3)16-17-14(18)10-7-11(15)13(20-6-2)12(8-10)19-4/h7-8H,5-6H2,1-4H3,(H,17,18)/b16-9-. The first-order valence-electron chi connectivity index (χ1n) is 6.37. The summed E-state index contributed by atoms with van der Waals surface area (Å²) in [5, 5.41) is 3.99. The molecule has 1 aromatic rings. The maximum absolute atomic E-state index is 12.0. The first-order chi connectivity index (χ1) is 9.53. The lowest BCUT2D eigenvalue weighted by Gasteiger charge is -2.12. The Balaban J connectivity index is 3.02. The predicted octanol–water partition coefficient (Wildman–Crippen LogP) is 3.37. The fourth-order valence-electron chi connectivity index (χ4n) is 1.43. The van der Waals surface area contributed by atoms with Gasteiger partial charge in [-0.15, -0.1) is 0 Å². The molecule has 0 radical (unpaired) electrons. The molecule has 1 rings (SSSR count). The third-order valence-electron chi connectivity index (χ3n) is 2.64. The second-order valence-electron chi connectivity index (χ2n) is 4.06. The largest absolute Gasteiger partial charge is 0.493 e. The van der Waals surface area contributed by atoms with E-state index in [0.717, 1.165) is 12.1 Å². The van der Waals surface area contributed by atoms with Gasteiger partial charge in [-0.3, -0.25) is 4.79 Å². The van der Waals surface area contributed by atoms with Crippen LogP contribution in [0.3, 0.4) is 0 Å². The van der Waals surface area contributed by atoms with Gasteiger partial charge in [0.1, 0.15) is 0 Å². The minimum atomic E-state index is -0.292. The van der Waals surface area contributed by atoms with Crippen molar-refractivity contribution in [1.82, 2.24) is 5.43 Å². The van der Waals surface area contributed by atoms with Gasteiger partial charge in [-0.2, -0.15) is 5.10 Å². The number of hydrogen-bond donors (Lipinski definition) is 1. The van der Waals surface area contributed by atoms with Gasteiger partial charge in [-0.25, -0.2) is 5.43 Å². The van der Waals surface area contributed by atoms with Gasteiger partial charge in [0.25, 0.3) is 5.91 Å². The molecule has 0 aromatic heterocycles. The van der Waals surface area contributed by atoms with E-state index < -0.39 is 0 Å². The van der Waals surface area contributed by atoms with Crippen molar-refractivity contribution in [2.75, 3.05) is 13.7 Å². The number of carbonyl (C=O) groups is 1. The molecule has 0 spiro atoms. The summed E-state index contributed by atoms with van der Waals surface area (Å²) in [6, 6.07) is 3.31. The normalized spacial score (nSPS) is 11.2. The van der Waals surface area contributed by atoms with E-state index in [1.54, 1.807) is 12.1 Å². The van der Waals surface area contributed by atoms with Gasteiger partial charge in [-0.05, 0) is 48.3 Å². The number of nitrogens with one attached hydrogen (secondary N) is 1. The van der Waals surface area contributed by atoms with Crippen LogP contribution in [0.1, 0.15) is 37.6 Å². The highest BCUT2D eigenvalue weighted by molar-refractivity contribution is 9.10. The molecule has 1 aromatic carbocycles. The highest BCUT2D eigenvalue weighted by atomic mass is 79.9. The van der Waals surface area contributed by atoms with Crippen LogP contribution in [0.2, 0.25) is 0 Å². The van der Waals surface area contributed by atoms with Crippen LogP contribution >= 0.6 is 15.9 Å². The van der Waals surface area contributed by atoms with Crippen molar-refractivity contribution < 1.29 is 14.3 Å². The van der Waals surface area contributed by atoms with Crippen molar-refractivity contribution >= 4 is 27.5 Å². The fraction of sp³-hybridized carbons (Fsp3) is 0.429. The van der Waals surface area contributed by atoms with Crippen molar-refractivity contribution in [3.05, 3.63) is 22.2 Å². The van der Waals surface area contributed by atoms with Gasteiger partial charge < -0.3 is 9.47 Å². The summed E-state index contributed by atoms with van der Waals surface area (Å²) >= 11 is 3.38. The van der Waals surface area contributed by atoms with E-state index in [2.05, 4.69) is 26.5 Å². The molecule has 0 unspecified atom stereocenters. The number of amides is 1. The Labute approximate surface area is 127 Å². The van der Waals surface area contributed by atoms with Crippen LogP contribution in [0, 0.1) is 0 Å². The number of hydrogen-bond acceptors (Lipinski definition) is 4. The van der Waals surface area contributed by atoms with Gasteiger partial charge >= 0.3 is 0 Å². The molecule has 0 bridgehead atoms. The molecular formula is C14H19BrN2O3. The lowest BCUT2D eigenvalue weighted by atomic mass is 10.2. The number of ether oxygens (including phenoxy) is 2. The number of halogens is 1. The molecule has 110 valence electrons. The molecule has 0 aliphatic heterocycles. The van der Waals surface area contributed by atoms with E-state index in [-0.39, 0.29) is 5.91 Å². The number of benzene rings is 1. The summed E-state index contributed by atoms with van der Waals surface area (Å²) in [6.07, 6.45) is 0.788. The van der Waals surface area contributed by atoms with Crippen LogP contribution in [0.4, 0.5) is 0 Å². The third kappa shape index (κ3) is 4.23. The van der Waals surface area contributed by atoms with Crippen LogP contribution in [-0.4, -0.2) is 25.3 Å². The Hall–Kier alpha value is -1.56. The van der Waals surface area contributed by atoms with Crippen LogP contribution < -0.4 is 14.9 Å². The molecule has 20 heavy (non-hydrogen) atoms. The highest BCUT2D eigenvalue weighted by Gasteiger charge is 2.15. The molecule has 0 aliphatic rings. The van der Waals surface area contributed by atoms with E-state index in [4.69, 9.17) is 9.47 Å². The SMILES string of the molecule is CCOc1c(Br)cc(C(=O)N/N=C(/C)CC)cc1OC. The Morgan fingerprint density at radius 1 is 1.40 bits per heavy atom. The number of nitrogens with zero attached hydrogens (tertiary/aromatic N) is 1. The number of methoxy groups -OCH3 is 1. The van der Waals surface area contributed by atoms with Crippen LogP contribution in [0.25, 0.3) is 0 Å². The summed E-state index contributed by atoms with van der Waals surface area (Å²) in [6.45, 7) is 6.23. The molecule has 6 heteroatoms. The molecule has 1 amide bonds. The average molecular weight is 343 g/mol. The molecule has 5 nitrogen and oxygen atoms in total. The summed E-state index contributed by atoms with van der Waals surface area (Å²) in [5.41, 5.74) is 3.82. The molecule has 0 aliphatic carbocycles. The maximum Gasteiger partial charge on any atom is 0.271 e. The molecular weight excluding hydrogens is 324 g/mol. The van der Waals surface area contributed by atoms with Crippen molar-refractivity contribution in [1.29, 1.82) is 0 Å². The number of hydrazone groups is 1. The van der Waals surface area contributed by atoms with E-state index in [1.165, 1.54) is 7.11 Å². The molecule has 1 N–H and O–H groups in total. The van der Waals surface area contributed by atoms with Crippen molar-refractivity contribution in [3.8, 4) is 11.5 Å². The molecule has 0 saturated heterocycles. The van der Waals surface area contributed by atoms with Crippen molar-refractivity contribution in [2.45, 2.75) is 27.2 Å². The van der Waals surface area contributed by atoms with E-state index in [1.807, 2.05) is 20.8 Å². The zero-order chi connectivity index (χ0) is 15.1. The summed E-state index contributed by atoms with van der Waals surface area (Å²) < 4.78 is 11.4. The highest BCUT2D eigenvalue weighted by Crippen LogP contribution is 2.36. The second-order valence-corrected chi connectivity index (χ2v) is 4.92. The Morgan fingerprint density at radius 2 is 2.10 bits per heavy atom. The predicted molar refractivity (Wildman–Crippen MR) is 82.7 cm³/mol. The van der Waals surface area contributed by atoms with E-state index >= 15 is 0 Å². The van der Waals surface area contributed by atoms with Gasteiger partial charge in [-0.1, -0.05) is 6.92 Å². The molecule has 0 heterocycles. The van der Waals surface area contributed by atoms with Crippen molar-refractivity contribution in [3.63, 3.8) is 0 Å². The topological polar surface area (TPSA) is 59.9 Å². The minimum absolute atomic E-state index is 0.292. The fourth-order valence-corrected chi connectivity index (χ4v) is 1.98. The lowest BCUT2D eigenvalue weighted by Crippen LogP contribution is -2.19. The summed E-state index contributed by atoms with van der Waals surface area (Å²) in [4.78, 5) is 12.0. The quantitative estimate of drug-likeness (QED) is 0.636. The Bertz CT molecular complexity index is 515. The number of rotatable bonds is 6. The third-order valence-corrected chi connectivity index (χ3v) is 3.23. The first kappa shape index (κ1) is 16.5. The van der Waals surface area contributed by atoms with Crippen LogP contribution in [-0.2, 0) is 0 Å². The zero-order valence-electron chi connectivity index (χ0n) is 12.1. The van der Waals surface area contributed by atoms with Crippen LogP contribution in [0.15, 0.2) is 21.7 Å². The molecule has 0 atom stereocenters. The van der Waals surface area contributed by atoms with E-state index in [0.29, 0.717) is 28.1 Å². The number of carbonyl (C=O) groups excluding carboxylic acids is 1. The van der Waals surface area contributed by atoms with Gasteiger partial charge in [0, 0.05) is 11.3 Å². The zero-order valence-corrected chi connectivity index (χ0v) is 13.7. The Kier molecular flexibility index (Phi) is 6.51. The monoisotopic (exact) mass is 342 g/mol. The van der Waals surface area contributed by atoms with Gasteiger partial charge in [0.15, 0.2) is 11.5 Å². The van der Waals surface area contributed by atoms with Gasteiger partial charge in [0.05, 0.1) is 18.2 Å². The average Bonchev–Trinajstić information content (AvgIpc) is 2.46. The van der Waals surface area contributed by atoms with Crippen molar-refractivity contribution in [2.24, 2.45) is 5.10 Å². The minimum Gasteiger partial charge on any atom is -0.493 e. The molecule has 0 saturated carbocycles. The lowest BCUT2D eigenvalue weighted by molar-refractivity contribution is 0.0954. The second kappa shape index (κ2) is 7.89. The summed E-state index contributed by atoms with van der Waals surface area (Å²) in [7, 11) is 1.53. The van der Waals surface area contributed by atoms with Crippen LogP contribution in [0.5, 0.6) is 11.5 Å². The summed E-state index contributed by atoms with van der Waals surface area (Å²) in [5.74, 6) is 0.794. The Morgan fingerprint density at radius 3 is 2.65 bits per heavy atom. The van der Waals surface area contributed by atoms with Gasteiger partial charge in [0.2, 0.25) is 0 Å². The molecule has 0 fully saturated rings.